The van der Waals surface area contributed by atoms with E-state index in [1.807, 2.05) is 35.2 Å². The van der Waals surface area contributed by atoms with Crippen LogP contribution in [0.15, 0.2) is 42.7 Å². The molecule has 1 aromatic carbocycles. The highest BCUT2D eigenvalue weighted by molar-refractivity contribution is 5.86. The largest absolute Gasteiger partial charge is 0.468 e. The molecule has 0 radical (unpaired) electrons. The van der Waals surface area contributed by atoms with Crippen LogP contribution in [-0.2, 0) is 26.3 Å². The number of nitrogens with zero attached hydrogens (tertiary/aromatic N) is 4. The highest BCUT2D eigenvalue weighted by Crippen LogP contribution is 2.48. The van der Waals surface area contributed by atoms with Gasteiger partial charge in [0.05, 0.1) is 12.5 Å². The molecule has 0 unspecified atom stereocenters. The van der Waals surface area contributed by atoms with Crippen molar-refractivity contribution in [3.8, 4) is 0 Å². The quantitative estimate of drug-likeness (QED) is 0.716. The number of anilines is 1. The molecule has 0 bridgehead atoms. The Hall–Kier alpha value is -3.16. The first-order chi connectivity index (χ1) is 14.1. The van der Waals surface area contributed by atoms with Gasteiger partial charge in [-0.15, -0.1) is 0 Å². The molecule has 8 heteroatoms. The summed E-state index contributed by atoms with van der Waals surface area (Å²) in [6.45, 7) is 2.62. The van der Waals surface area contributed by atoms with Crippen LogP contribution in [0.1, 0.15) is 24.0 Å². The Morgan fingerprint density at radius 3 is 2.28 bits per heavy atom. The molecule has 0 spiro atoms. The lowest BCUT2D eigenvalue weighted by Gasteiger charge is -2.34. The van der Waals surface area contributed by atoms with E-state index >= 15 is 0 Å². The summed E-state index contributed by atoms with van der Waals surface area (Å²) in [6, 6.07) is 9.63. The van der Waals surface area contributed by atoms with Crippen LogP contribution < -0.4 is 4.90 Å². The maximum Gasteiger partial charge on any atom is 0.410 e. The number of ether oxygens (including phenoxy) is 2. The van der Waals surface area contributed by atoms with E-state index in [9.17, 15) is 9.59 Å². The van der Waals surface area contributed by atoms with Gasteiger partial charge in [-0.05, 0) is 18.4 Å². The van der Waals surface area contributed by atoms with E-state index in [4.69, 9.17) is 9.47 Å². The molecule has 1 aromatic heterocycles. The minimum atomic E-state index is -0.561. The van der Waals surface area contributed by atoms with Gasteiger partial charge in [0.15, 0.2) is 0 Å². The Bertz CT molecular complexity index is 860. The van der Waals surface area contributed by atoms with E-state index in [0.29, 0.717) is 32.1 Å². The van der Waals surface area contributed by atoms with Crippen molar-refractivity contribution >= 4 is 18.0 Å². The average Bonchev–Trinajstić information content (AvgIpc) is 3.60. The molecular formula is C21H24N4O4. The third kappa shape index (κ3) is 4.01. The lowest BCUT2D eigenvalue weighted by molar-refractivity contribution is -0.143. The van der Waals surface area contributed by atoms with Crippen LogP contribution in [0.3, 0.4) is 0 Å². The first kappa shape index (κ1) is 19.2. The summed E-state index contributed by atoms with van der Waals surface area (Å²) in [4.78, 5) is 36.9. The molecule has 29 heavy (non-hydrogen) atoms. The van der Waals surface area contributed by atoms with Crippen molar-refractivity contribution < 1.29 is 19.1 Å². The molecule has 1 amide bonds. The molecule has 2 fully saturated rings. The van der Waals surface area contributed by atoms with Gasteiger partial charge in [-0.3, -0.25) is 4.79 Å². The number of piperazine rings is 1. The smallest absolute Gasteiger partial charge is 0.410 e. The van der Waals surface area contributed by atoms with Crippen LogP contribution in [0.2, 0.25) is 0 Å². The molecule has 8 nitrogen and oxygen atoms in total. The Morgan fingerprint density at radius 1 is 1.03 bits per heavy atom. The molecule has 1 aliphatic carbocycles. The molecule has 0 atom stereocenters. The number of benzene rings is 1. The van der Waals surface area contributed by atoms with Crippen molar-refractivity contribution in [2.45, 2.75) is 24.9 Å². The summed E-state index contributed by atoms with van der Waals surface area (Å²) < 4.78 is 10.3. The van der Waals surface area contributed by atoms with Crippen LogP contribution >= 0.6 is 0 Å². The van der Waals surface area contributed by atoms with Crippen molar-refractivity contribution in [1.29, 1.82) is 0 Å². The zero-order valence-corrected chi connectivity index (χ0v) is 16.4. The normalized spacial score (nSPS) is 17.6. The second kappa shape index (κ2) is 8.06. The van der Waals surface area contributed by atoms with Crippen molar-refractivity contribution in [3.63, 3.8) is 0 Å². The molecular weight excluding hydrogens is 372 g/mol. The fourth-order valence-electron chi connectivity index (χ4n) is 3.56. The van der Waals surface area contributed by atoms with Crippen LogP contribution in [0, 0.1) is 0 Å². The molecule has 4 rings (SSSR count). The van der Waals surface area contributed by atoms with Gasteiger partial charge in [0.25, 0.3) is 0 Å². The van der Waals surface area contributed by atoms with Crippen molar-refractivity contribution in [2.24, 2.45) is 0 Å². The SMILES string of the molecule is COC(=O)C1(c2cnc(N3CCN(C(=O)OCc4ccccc4)CC3)nc2)CC1. The first-order valence-electron chi connectivity index (χ1n) is 9.74. The number of carbonyl (C=O) groups is 2. The summed E-state index contributed by atoms with van der Waals surface area (Å²) in [6.07, 6.45) is 4.66. The van der Waals surface area contributed by atoms with Gasteiger partial charge >= 0.3 is 12.1 Å². The fraction of sp³-hybridized carbons (Fsp3) is 0.429. The molecule has 2 heterocycles. The van der Waals surface area contributed by atoms with Crippen LogP contribution in [0.25, 0.3) is 0 Å². The van der Waals surface area contributed by atoms with E-state index in [0.717, 1.165) is 24.0 Å². The number of rotatable bonds is 5. The van der Waals surface area contributed by atoms with E-state index in [2.05, 4.69) is 9.97 Å². The zero-order chi connectivity index (χ0) is 20.3. The van der Waals surface area contributed by atoms with Gasteiger partial charge in [0.1, 0.15) is 6.61 Å². The van der Waals surface area contributed by atoms with Crippen molar-refractivity contribution in [2.75, 3.05) is 38.2 Å². The monoisotopic (exact) mass is 396 g/mol. The number of hydrogen-bond donors (Lipinski definition) is 0. The van der Waals surface area contributed by atoms with E-state index in [1.165, 1.54) is 7.11 Å². The summed E-state index contributed by atoms with van der Waals surface area (Å²) in [5.41, 5.74) is 1.21. The number of aromatic nitrogens is 2. The van der Waals surface area contributed by atoms with Crippen molar-refractivity contribution in [1.82, 2.24) is 14.9 Å². The third-order valence-electron chi connectivity index (χ3n) is 5.54. The highest BCUT2D eigenvalue weighted by Gasteiger charge is 2.53. The summed E-state index contributed by atoms with van der Waals surface area (Å²) in [7, 11) is 1.40. The minimum Gasteiger partial charge on any atom is -0.468 e. The van der Waals surface area contributed by atoms with E-state index < -0.39 is 5.41 Å². The number of carbonyl (C=O) groups excluding carboxylic acids is 2. The standard InChI is InChI=1S/C21H24N4O4/c1-28-18(26)21(7-8-21)17-13-22-19(23-14-17)24-9-11-25(12-10-24)20(27)29-15-16-5-3-2-4-6-16/h2-6,13-14H,7-12,15H2,1H3. The van der Waals surface area contributed by atoms with Crippen LogP contribution in [0.5, 0.6) is 0 Å². The van der Waals surface area contributed by atoms with Gasteiger partial charge in [-0.1, -0.05) is 30.3 Å². The Morgan fingerprint density at radius 2 is 1.69 bits per heavy atom. The van der Waals surface area contributed by atoms with Crippen molar-refractivity contribution in [3.05, 3.63) is 53.9 Å². The number of amides is 1. The molecule has 2 aromatic rings. The highest BCUT2D eigenvalue weighted by atomic mass is 16.6. The lowest BCUT2D eigenvalue weighted by Crippen LogP contribution is -2.49. The minimum absolute atomic E-state index is 0.225. The maximum absolute atomic E-state index is 12.3. The van der Waals surface area contributed by atoms with Crippen LogP contribution in [0.4, 0.5) is 10.7 Å². The Labute approximate surface area is 169 Å². The zero-order valence-electron chi connectivity index (χ0n) is 16.4. The average molecular weight is 396 g/mol. The number of hydrogen-bond acceptors (Lipinski definition) is 7. The molecule has 0 N–H and O–H groups in total. The van der Waals surface area contributed by atoms with Gasteiger partial charge < -0.3 is 19.3 Å². The summed E-state index contributed by atoms with van der Waals surface area (Å²) in [5.74, 6) is 0.378. The second-order valence-corrected chi connectivity index (χ2v) is 7.36. The maximum atomic E-state index is 12.3. The third-order valence-corrected chi connectivity index (χ3v) is 5.54. The number of methoxy groups -OCH3 is 1. The molecule has 152 valence electrons. The predicted molar refractivity (Wildman–Crippen MR) is 105 cm³/mol. The van der Waals surface area contributed by atoms with Gasteiger partial charge in [0, 0.05) is 44.1 Å². The first-order valence-corrected chi connectivity index (χ1v) is 9.74. The topological polar surface area (TPSA) is 84.9 Å². The molecule has 1 saturated carbocycles. The van der Waals surface area contributed by atoms with Gasteiger partial charge in [-0.25, -0.2) is 14.8 Å². The van der Waals surface area contributed by atoms with E-state index in [-0.39, 0.29) is 18.7 Å². The Kier molecular flexibility index (Phi) is 5.33. The molecule has 2 aliphatic rings. The lowest BCUT2D eigenvalue weighted by atomic mass is 10.00. The number of esters is 1. The summed E-state index contributed by atoms with van der Waals surface area (Å²) >= 11 is 0. The molecule has 1 aliphatic heterocycles. The van der Waals surface area contributed by atoms with Crippen LogP contribution in [-0.4, -0.2) is 60.2 Å². The van der Waals surface area contributed by atoms with Gasteiger partial charge in [-0.2, -0.15) is 0 Å². The Balaban J connectivity index is 1.29. The van der Waals surface area contributed by atoms with E-state index in [1.54, 1.807) is 17.3 Å². The predicted octanol–water partition coefficient (Wildman–Crippen LogP) is 2.14. The fourth-order valence-corrected chi connectivity index (χ4v) is 3.56. The second-order valence-electron chi connectivity index (χ2n) is 7.36. The summed E-state index contributed by atoms with van der Waals surface area (Å²) in [5, 5.41) is 0. The molecule has 1 saturated heterocycles. The van der Waals surface area contributed by atoms with Gasteiger partial charge in [0.2, 0.25) is 5.95 Å².